The topological polar surface area (TPSA) is 111 Å². The number of anilines is 2. The van der Waals surface area contributed by atoms with Gasteiger partial charge in [0.25, 0.3) is 0 Å². The Labute approximate surface area is 221 Å². The maximum atomic E-state index is 6.58. The Morgan fingerprint density at radius 3 is 2.54 bits per heavy atom. The lowest BCUT2D eigenvalue weighted by molar-refractivity contribution is 0.254. The summed E-state index contributed by atoms with van der Waals surface area (Å²) in [4.78, 5) is 26.9. The number of nitrogens with two attached hydrogens (primary N) is 1. The summed E-state index contributed by atoms with van der Waals surface area (Å²) in [5, 5.41) is 1.25. The molecule has 194 valence electrons. The summed E-state index contributed by atoms with van der Waals surface area (Å²) in [7, 11) is 1.69. The number of hydrogen-bond donors (Lipinski definition) is 1. The van der Waals surface area contributed by atoms with Gasteiger partial charge in [-0.1, -0.05) is 11.6 Å². The third-order valence-corrected chi connectivity index (χ3v) is 7.24. The van der Waals surface area contributed by atoms with Crippen molar-refractivity contribution >= 4 is 34.5 Å². The van der Waals surface area contributed by atoms with E-state index in [0.717, 1.165) is 90.7 Å². The molecule has 1 saturated heterocycles. The molecule has 37 heavy (non-hydrogen) atoms. The second-order valence-electron chi connectivity index (χ2n) is 9.38. The first kappa shape index (κ1) is 25.2. The van der Waals surface area contributed by atoms with E-state index in [1.54, 1.807) is 19.5 Å². The maximum Gasteiger partial charge on any atom is 0.225 e. The fourth-order valence-corrected chi connectivity index (χ4v) is 5.35. The van der Waals surface area contributed by atoms with Gasteiger partial charge in [-0.15, -0.1) is 0 Å². The van der Waals surface area contributed by atoms with Crippen LogP contribution in [0.2, 0.25) is 5.15 Å². The monoisotopic (exact) mass is 521 g/mol. The number of hydrogen-bond acceptors (Lipinski definition) is 9. The number of pyridine rings is 1. The van der Waals surface area contributed by atoms with Crippen molar-refractivity contribution in [3.63, 3.8) is 0 Å². The highest BCUT2D eigenvalue weighted by molar-refractivity contribution is 6.34. The molecule has 1 aliphatic rings. The third kappa shape index (κ3) is 5.30. The van der Waals surface area contributed by atoms with Crippen LogP contribution in [0.5, 0.6) is 5.75 Å². The average molecular weight is 522 g/mol. The van der Waals surface area contributed by atoms with Gasteiger partial charge >= 0.3 is 0 Å². The zero-order valence-electron chi connectivity index (χ0n) is 21.5. The van der Waals surface area contributed by atoms with Crippen LogP contribution in [0.15, 0.2) is 30.9 Å². The van der Waals surface area contributed by atoms with E-state index in [0.29, 0.717) is 11.7 Å². The molecule has 1 fully saturated rings. The first-order valence-electron chi connectivity index (χ1n) is 12.5. The molecular weight excluding hydrogens is 490 g/mol. The molecule has 5 rings (SSSR count). The first-order chi connectivity index (χ1) is 17.9. The van der Waals surface area contributed by atoms with Gasteiger partial charge in [-0.25, -0.2) is 15.0 Å². The van der Waals surface area contributed by atoms with Crippen LogP contribution in [0.3, 0.4) is 0 Å². The van der Waals surface area contributed by atoms with Gasteiger partial charge in [-0.05, 0) is 44.9 Å². The Bertz CT molecular complexity index is 1380. The molecule has 11 heteroatoms. The van der Waals surface area contributed by atoms with Crippen molar-refractivity contribution in [2.24, 2.45) is 0 Å². The van der Waals surface area contributed by atoms with E-state index in [9.17, 15) is 0 Å². The number of ether oxygens (including phenoxy) is 1. The van der Waals surface area contributed by atoms with Crippen molar-refractivity contribution in [3.05, 3.63) is 58.4 Å². The Kier molecular flexibility index (Phi) is 7.38. The van der Waals surface area contributed by atoms with Crippen LogP contribution in [-0.2, 0) is 13.0 Å². The minimum atomic E-state index is 0.162. The summed E-state index contributed by atoms with van der Waals surface area (Å²) < 4.78 is 7.66. The fourth-order valence-electron chi connectivity index (χ4n) is 5.06. The molecule has 4 aromatic heterocycles. The molecule has 0 saturated carbocycles. The SMILES string of the molecule is COc1c(C)cnc(Cn2cc(CCCN3CCN(c4ncccn4)CC3)c3c(Cl)nc(N)nc32)c1C. The minimum Gasteiger partial charge on any atom is -0.496 e. The van der Waals surface area contributed by atoms with Crippen LogP contribution in [-0.4, -0.2) is 74.2 Å². The lowest BCUT2D eigenvalue weighted by atomic mass is 10.1. The number of nitrogens with zero attached hydrogens (tertiary/aromatic N) is 8. The molecule has 0 bridgehead atoms. The van der Waals surface area contributed by atoms with E-state index < -0.39 is 0 Å². The fraction of sp³-hybridized carbons (Fsp3) is 0.423. The largest absolute Gasteiger partial charge is 0.496 e. The second-order valence-corrected chi connectivity index (χ2v) is 9.74. The van der Waals surface area contributed by atoms with Crippen LogP contribution in [0.4, 0.5) is 11.9 Å². The van der Waals surface area contributed by atoms with Gasteiger partial charge in [0.2, 0.25) is 11.9 Å². The van der Waals surface area contributed by atoms with Crippen LogP contribution in [0.25, 0.3) is 11.0 Å². The summed E-state index contributed by atoms with van der Waals surface area (Å²) >= 11 is 6.58. The summed E-state index contributed by atoms with van der Waals surface area (Å²) in [5.41, 5.74) is 10.7. The first-order valence-corrected chi connectivity index (χ1v) is 12.9. The van der Waals surface area contributed by atoms with Crippen LogP contribution in [0.1, 0.15) is 28.8 Å². The summed E-state index contributed by atoms with van der Waals surface area (Å²) in [6, 6.07) is 1.84. The molecule has 4 aromatic rings. The number of fused-ring (bicyclic) bond motifs is 1. The van der Waals surface area contributed by atoms with Gasteiger partial charge in [0.15, 0.2) is 0 Å². The molecule has 0 aromatic carbocycles. The lowest BCUT2D eigenvalue weighted by Crippen LogP contribution is -2.47. The normalized spacial score (nSPS) is 14.4. The van der Waals surface area contributed by atoms with Crippen molar-refractivity contribution < 1.29 is 4.74 Å². The number of methoxy groups -OCH3 is 1. The van der Waals surface area contributed by atoms with Crippen molar-refractivity contribution in [1.29, 1.82) is 0 Å². The smallest absolute Gasteiger partial charge is 0.225 e. The molecule has 0 atom stereocenters. The Balaban J connectivity index is 1.29. The lowest BCUT2D eigenvalue weighted by Gasteiger charge is -2.34. The van der Waals surface area contributed by atoms with Gasteiger partial charge in [0.1, 0.15) is 16.5 Å². The van der Waals surface area contributed by atoms with Crippen molar-refractivity contribution in [2.75, 3.05) is 50.5 Å². The molecule has 0 aliphatic carbocycles. The van der Waals surface area contributed by atoms with E-state index in [1.165, 1.54) is 0 Å². The predicted molar refractivity (Wildman–Crippen MR) is 145 cm³/mol. The van der Waals surface area contributed by atoms with Gasteiger partial charge in [0.05, 0.1) is 24.7 Å². The van der Waals surface area contributed by atoms with E-state index in [4.69, 9.17) is 22.1 Å². The van der Waals surface area contributed by atoms with Crippen molar-refractivity contribution in [3.8, 4) is 5.75 Å². The number of halogens is 1. The number of aryl methyl sites for hydroxylation is 2. The Hall–Kier alpha value is -3.50. The standard InChI is InChI=1S/C26H32ClN9O/c1-17-14-31-20(18(2)22(17)37-3)16-36-15-19(21-23(27)32-25(28)33-24(21)36)6-4-9-34-10-12-35(13-11-34)26-29-7-5-8-30-26/h5,7-8,14-15H,4,6,9-13,16H2,1-3H3,(H2,28,32,33). The molecule has 0 amide bonds. The quantitative estimate of drug-likeness (QED) is 0.349. The molecule has 0 radical (unpaired) electrons. The van der Waals surface area contributed by atoms with Gasteiger partial charge < -0.3 is 19.9 Å². The number of rotatable bonds is 8. The van der Waals surface area contributed by atoms with Crippen LogP contribution < -0.4 is 15.4 Å². The van der Waals surface area contributed by atoms with Crippen LogP contribution >= 0.6 is 11.6 Å². The number of nitrogen functional groups attached to an aromatic ring is 1. The summed E-state index contributed by atoms with van der Waals surface area (Å²) in [6.45, 7) is 9.38. The van der Waals surface area contributed by atoms with E-state index in [-0.39, 0.29) is 5.95 Å². The van der Waals surface area contributed by atoms with Gasteiger partial charge in [0, 0.05) is 62.1 Å². The summed E-state index contributed by atoms with van der Waals surface area (Å²) in [5.74, 6) is 1.82. The molecule has 10 nitrogen and oxygen atoms in total. The third-order valence-electron chi connectivity index (χ3n) is 6.97. The van der Waals surface area contributed by atoms with Crippen LogP contribution in [0, 0.1) is 13.8 Å². The number of piperazine rings is 1. The molecule has 5 heterocycles. The highest BCUT2D eigenvalue weighted by atomic mass is 35.5. The number of aromatic nitrogens is 6. The van der Waals surface area contributed by atoms with Gasteiger partial charge in [-0.3, -0.25) is 9.88 Å². The Morgan fingerprint density at radius 2 is 1.81 bits per heavy atom. The maximum absolute atomic E-state index is 6.58. The molecular formula is C26H32ClN9O. The Morgan fingerprint density at radius 1 is 1.05 bits per heavy atom. The van der Waals surface area contributed by atoms with Gasteiger partial charge in [-0.2, -0.15) is 4.98 Å². The highest BCUT2D eigenvalue weighted by Crippen LogP contribution is 2.30. The summed E-state index contributed by atoms with van der Waals surface area (Å²) in [6.07, 6.45) is 9.40. The highest BCUT2D eigenvalue weighted by Gasteiger charge is 2.20. The molecule has 0 unspecified atom stereocenters. The molecule has 2 N–H and O–H groups in total. The zero-order valence-corrected chi connectivity index (χ0v) is 22.2. The van der Waals surface area contributed by atoms with E-state index >= 15 is 0 Å². The molecule has 0 spiro atoms. The van der Waals surface area contributed by atoms with Crippen molar-refractivity contribution in [1.82, 2.24) is 34.4 Å². The minimum absolute atomic E-state index is 0.162. The second kappa shape index (κ2) is 10.9. The zero-order chi connectivity index (χ0) is 25.9. The van der Waals surface area contributed by atoms with E-state index in [1.807, 2.05) is 26.1 Å². The van der Waals surface area contributed by atoms with Crippen molar-refractivity contribution in [2.45, 2.75) is 33.2 Å². The molecule has 1 aliphatic heterocycles. The average Bonchev–Trinajstić information content (AvgIpc) is 3.24. The predicted octanol–water partition coefficient (Wildman–Crippen LogP) is 3.28. The van der Waals surface area contributed by atoms with E-state index in [2.05, 4.69) is 45.5 Å².